The molecule has 0 saturated heterocycles. The van der Waals surface area contributed by atoms with E-state index in [2.05, 4.69) is 14.9 Å². The van der Waals surface area contributed by atoms with Crippen molar-refractivity contribution in [2.75, 3.05) is 7.05 Å². The highest BCUT2D eigenvalue weighted by Crippen LogP contribution is 2.23. The molecule has 3 nitrogen and oxygen atoms in total. The summed E-state index contributed by atoms with van der Waals surface area (Å²) in [5.74, 6) is 0.954. The fraction of sp³-hybridized carbons (Fsp3) is 0.308. The number of nitrogens with zero attached hydrogens (tertiary/aromatic N) is 2. The predicted octanol–water partition coefficient (Wildman–Crippen LogP) is 2.77. The van der Waals surface area contributed by atoms with Gasteiger partial charge >= 0.3 is 0 Å². The van der Waals surface area contributed by atoms with Gasteiger partial charge in [0.15, 0.2) is 0 Å². The van der Waals surface area contributed by atoms with Gasteiger partial charge in [-0.1, -0.05) is 23.7 Å². The van der Waals surface area contributed by atoms with Gasteiger partial charge in [0, 0.05) is 24.2 Å². The summed E-state index contributed by atoms with van der Waals surface area (Å²) in [7, 11) is 3.97. The van der Waals surface area contributed by atoms with Crippen LogP contribution in [0.3, 0.4) is 0 Å². The van der Waals surface area contributed by atoms with Gasteiger partial charge in [0.1, 0.15) is 5.82 Å². The normalized spacial score (nSPS) is 10.8. The first-order valence-electron chi connectivity index (χ1n) is 5.56. The molecule has 1 N–H and O–H groups in total. The number of imidazole rings is 1. The van der Waals surface area contributed by atoms with Crippen LogP contribution in [0.15, 0.2) is 24.3 Å². The Morgan fingerprint density at radius 1 is 1.41 bits per heavy atom. The van der Waals surface area contributed by atoms with E-state index in [1.807, 2.05) is 45.3 Å². The number of rotatable bonds is 3. The molecule has 0 amide bonds. The quantitative estimate of drug-likeness (QED) is 0.907. The number of aryl methyl sites for hydroxylation is 1. The second-order valence-electron chi connectivity index (χ2n) is 4.07. The highest BCUT2D eigenvalue weighted by Gasteiger charge is 2.12. The molecular weight excluding hydrogens is 234 g/mol. The van der Waals surface area contributed by atoms with Crippen LogP contribution in [-0.2, 0) is 13.6 Å². The van der Waals surface area contributed by atoms with Crippen LogP contribution in [0.2, 0.25) is 5.02 Å². The van der Waals surface area contributed by atoms with Crippen LogP contribution >= 0.6 is 11.6 Å². The summed E-state index contributed by atoms with van der Waals surface area (Å²) in [6, 6.07) is 7.78. The lowest BCUT2D eigenvalue weighted by molar-refractivity contribution is 0.732. The zero-order valence-corrected chi connectivity index (χ0v) is 11.0. The molecule has 0 aliphatic heterocycles. The van der Waals surface area contributed by atoms with E-state index in [1.165, 1.54) is 5.69 Å². The summed E-state index contributed by atoms with van der Waals surface area (Å²) >= 11 is 6.01. The van der Waals surface area contributed by atoms with Crippen molar-refractivity contribution < 1.29 is 0 Å². The van der Waals surface area contributed by atoms with Gasteiger partial charge in [-0.3, -0.25) is 0 Å². The van der Waals surface area contributed by atoms with Crippen molar-refractivity contribution in [1.82, 2.24) is 14.9 Å². The van der Waals surface area contributed by atoms with E-state index in [4.69, 9.17) is 11.6 Å². The summed E-state index contributed by atoms with van der Waals surface area (Å²) in [5.41, 5.74) is 3.30. The fourth-order valence-corrected chi connectivity index (χ4v) is 2.16. The molecule has 1 heterocycles. The molecule has 0 saturated carbocycles. The van der Waals surface area contributed by atoms with Gasteiger partial charge in [0.25, 0.3) is 0 Å². The Morgan fingerprint density at radius 2 is 2.18 bits per heavy atom. The Labute approximate surface area is 106 Å². The number of nitrogens with one attached hydrogen (secondary N) is 1. The number of aromatic nitrogens is 2. The zero-order valence-electron chi connectivity index (χ0n) is 10.3. The van der Waals surface area contributed by atoms with Gasteiger partial charge in [-0.05, 0) is 26.1 Å². The summed E-state index contributed by atoms with van der Waals surface area (Å²) < 4.78 is 2.11. The lowest BCUT2D eigenvalue weighted by Crippen LogP contribution is -2.10. The molecule has 2 aromatic rings. The van der Waals surface area contributed by atoms with Gasteiger partial charge in [-0.2, -0.15) is 0 Å². The first kappa shape index (κ1) is 12.1. The van der Waals surface area contributed by atoms with Crippen molar-refractivity contribution in [3.63, 3.8) is 0 Å². The highest BCUT2D eigenvalue weighted by atomic mass is 35.5. The van der Waals surface area contributed by atoms with Crippen molar-refractivity contribution in [2.24, 2.45) is 7.05 Å². The summed E-state index contributed by atoms with van der Waals surface area (Å²) in [5, 5.41) is 3.89. The SMILES string of the molecule is CNCc1c(C)nc(-c2cccc(Cl)c2)n1C. The monoisotopic (exact) mass is 249 g/mol. The van der Waals surface area contributed by atoms with Gasteiger partial charge in [0.2, 0.25) is 0 Å². The van der Waals surface area contributed by atoms with Crippen LogP contribution < -0.4 is 5.32 Å². The second kappa shape index (κ2) is 4.90. The number of halogens is 1. The lowest BCUT2D eigenvalue weighted by atomic mass is 10.2. The van der Waals surface area contributed by atoms with Crippen LogP contribution in [0.5, 0.6) is 0 Å². The number of hydrogen-bond donors (Lipinski definition) is 1. The molecule has 0 spiro atoms. The van der Waals surface area contributed by atoms with Crippen molar-refractivity contribution in [3.8, 4) is 11.4 Å². The molecule has 0 radical (unpaired) electrons. The standard InChI is InChI=1S/C13H16ClN3/c1-9-12(8-15-2)17(3)13(16-9)10-5-4-6-11(14)7-10/h4-7,15H,8H2,1-3H3. The van der Waals surface area contributed by atoms with Gasteiger partial charge in [0.05, 0.1) is 11.4 Å². The van der Waals surface area contributed by atoms with Crippen LogP contribution in [-0.4, -0.2) is 16.6 Å². The molecule has 0 aliphatic rings. The van der Waals surface area contributed by atoms with Crippen LogP contribution in [0.4, 0.5) is 0 Å². The molecule has 0 bridgehead atoms. The molecule has 0 fully saturated rings. The number of hydrogen-bond acceptors (Lipinski definition) is 2. The molecule has 0 atom stereocenters. The van der Waals surface area contributed by atoms with Crippen molar-refractivity contribution >= 4 is 11.6 Å². The van der Waals surface area contributed by atoms with E-state index in [1.54, 1.807) is 0 Å². The second-order valence-corrected chi connectivity index (χ2v) is 4.50. The van der Waals surface area contributed by atoms with E-state index in [0.717, 1.165) is 28.6 Å². The average Bonchev–Trinajstić information content (AvgIpc) is 2.57. The molecule has 90 valence electrons. The van der Waals surface area contributed by atoms with E-state index in [9.17, 15) is 0 Å². The van der Waals surface area contributed by atoms with E-state index in [0.29, 0.717) is 0 Å². The van der Waals surface area contributed by atoms with Gasteiger partial charge < -0.3 is 9.88 Å². The minimum Gasteiger partial charge on any atom is -0.330 e. The Kier molecular flexibility index (Phi) is 3.50. The average molecular weight is 250 g/mol. The van der Waals surface area contributed by atoms with Crippen LogP contribution in [0.1, 0.15) is 11.4 Å². The molecule has 2 rings (SSSR count). The van der Waals surface area contributed by atoms with Crippen molar-refractivity contribution in [2.45, 2.75) is 13.5 Å². The Morgan fingerprint density at radius 3 is 2.82 bits per heavy atom. The van der Waals surface area contributed by atoms with Crippen molar-refractivity contribution in [3.05, 3.63) is 40.7 Å². The maximum absolute atomic E-state index is 6.01. The number of benzene rings is 1. The third-order valence-corrected chi connectivity index (χ3v) is 3.08. The van der Waals surface area contributed by atoms with E-state index < -0.39 is 0 Å². The van der Waals surface area contributed by atoms with E-state index in [-0.39, 0.29) is 0 Å². The Balaban J connectivity index is 2.50. The third-order valence-electron chi connectivity index (χ3n) is 2.84. The molecule has 1 aromatic carbocycles. The summed E-state index contributed by atoms with van der Waals surface area (Å²) in [6.45, 7) is 2.84. The topological polar surface area (TPSA) is 29.9 Å². The Hall–Kier alpha value is -1.32. The molecule has 0 unspecified atom stereocenters. The zero-order chi connectivity index (χ0) is 12.4. The highest BCUT2D eigenvalue weighted by molar-refractivity contribution is 6.30. The summed E-state index contributed by atoms with van der Waals surface area (Å²) in [4.78, 5) is 4.60. The van der Waals surface area contributed by atoms with Crippen molar-refractivity contribution in [1.29, 1.82) is 0 Å². The lowest BCUT2D eigenvalue weighted by Gasteiger charge is -2.06. The maximum Gasteiger partial charge on any atom is 0.140 e. The predicted molar refractivity (Wildman–Crippen MR) is 71.2 cm³/mol. The van der Waals surface area contributed by atoms with Crippen LogP contribution in [0, 0.1) is 6.92 Å². The Bertz CT molecular complexity index is 531. The van der Waals surface area contributed by atoms with Crippen LogP contribution in [0.25, 0.3) is 11.4 Å². The first-order valence-corrected chi connectivity index (χ1v) is 5.94. The molecule has 17 heavy (non-hydrogen) atoms. The summed E-state index contributed by atoms with van der Waals surface area (Å²) in [6.07, 6.45) is 0. The minimum atomic E-state index is 0.735. The minimum absolute atomic E-state index is 0.735. The maximum atomic E-state index is 6.01. The molecule has 1 aromatic heterocycles. The first-order chi connectivity index (χ1) is 8.13. The van der Waals surface area contributed by atoms with Gasteiger partial charge in [-0.15, -0.1) is 0 Å². The molecular formula is C13H16ClN3. The largest absolute Gasteiger partial charge is 0.330 e. The molecule has 4 heteroatoms. The third kappa shape index (κ3) is 2.35. The van der Waals surface area contributed by atoms with E-state index >= 15 is 0 Å². The van der Waals surface area contributed by atoms with Gasteiger partial charge in [-0.25, -0.2) is 4.98 Å². The smallest absolute Gasteiger partial charge is 0.140 e. The molecule has 0 aliphatic carbocycles. The fourth-order valence-electron chi connectivity index (χ4n) is 1.97.